The fourth-order valence-electron chi connectivity index (χ4n) is 3.59. The van der Waals surface area contributed by atoms with Crippen molar-refractivity contribution in [2.24, 2.45) is 0 Å². The number of benzene rings is 3. The number of ether oxygens (including phenoxy) is 1. The van der Waals surface area contributed by atoms with Crippen molar-refractivity contribution in [3.05, 3.63) is 101 Å². The fraction of sp³-hybridized carbons (Fsp3) is 0.214. The summed E-state index contributed by atoms with van der Waals surface area (Å²) in [5.74, 6) is 0.581. The molecule has 0 aliphatic carbocycles. The average molecular weight is 441 g/mol. The summed E-state index contributed by atoms with van der Waals surface area (Å²) < 4.78 is 5.97. The molecule has 5 nitrogen and oxygen atoms in total. The minimum atomic E-state index is -0.201. The van der Waals surface area contributed by atoms with Crippen LogP contribution in [0.25, 0.3) is 6.08 Å². The molecule has 3 aromatic rings. The molecule has 1 N–H and O–H groups in total. The van der Waals surface area contributed by atoms with E-state index in [0.717, 1.165) is 23.2 Å². The standard InChI is InChI=1S/C28H28N2O3/c1-4-20(3)29-27(31)23-15-13-21(14-16-23)17-26-28(32)30(18-22-11-9-19(2)10-12-22)24-7-5-6-8-25(24)33-26/h5-17,20H,4,18H2,1-3H3,(H,29,31)/b26-17+/t20-/m1/s1. The molecule has 168 valence electrons. The molecule has 3 aromatic carbocycles. The van der Waals surface area contributed by atoms with Gasteiger partial charge in [0.2, 0.25) is 0 Å². The normalized spacial score (nSPS) is 15.1. The van der Waals surface area contributed by atoms with Crippen LogP contribution in [-0.4, -0.2) is 17.9 Å². The van der Waals surface area contributed by atoms with Crippen molar-refractivity contribution in [3.63, 3.8) is 0 Å². The summed E-state index contributed by atoms with van der Waals surface area (Å²) in [5.41, 5.74) is 4.33. The first-order valence-electron chi connectivity index (χ1n) is 11.2. The fourth-order valence-corrected chi connectivity index (χ4v) is 3.59. The third-order valence-electron chi connectivity index (χ3n) is 5.75. The van der Waals surface area contributed by atoms with E-state index in [9.17, 15) is 9.59 Å². The van der Waals surface area contributed by atoms with Gasteiger partial charge in [-0.1, -0.05) is 61.0 Å². The molecular formula is C28H28N2O3. The number of hydrogen-bond donors (Lipinski definition) is 1. The maximum Gasteiger partial charge on any atom is 0.294 e. The number of carbonyl (C=O) groups is 2. The third kappa shape index (κ3) is 5.14. The molecule has 1 atom stereocenters. The van der Waals surface area contributed by atoms with Crippen LogP contribution >= 0.6 is 0 Å². The Morgan fingerprint density at radius 2 is 1.73 bits per heavy atom. The Morgan fingerprint density at radius 3 is 2.42 bits per heavy atom. The van der Waals surface area contributed by atoms with Crippen LogP contribution in [0.2, 0.25) is 0 Å². The highest BCUT2D eigenvalue weighted by molar-refractivity contribution is 6.09. The van der Waals surface area contributed by atoms with Crippen molar-refractivity contribution >= 4 is 23.6 Å². The highest BCUT2D eigenvalue weighted by Gasteiger charge is 2.30. The molecule has 5 heteroatoms. The van der Waals surface area contributed by atoms with Gasteiger partial charge in [0.05, 0.1) is 12.2 Å². The molecule has 0 spiro atoms. The quantitative estimate of drug-likeness (QED) is 0.516. The predicted octanol–water partition coefficient (Wildman–Crippen LogP) is 5.49. The van der Waals surface area contributed by atoms with Gasteiger partial charge < -0.3 is 10.1 Å². The Hall–Kier alpha value is -3.86. The minimum absolute atomic E-state index is 0.105. The number of rotatable bonds is 6. The van der Waals surface area contributed by atoms with Crippen molar-refractivity contribution in [2.75, 3.05) is 4.90 Å². The van der Waals surface area contributed by atoms with Gasteiger partial charge >= 0.3 is 0 Å². The van der Waals surface area contributed by atoms with Crippen molar-refractivity contribution in [1.29, 1.82) is 0 Å². The van der Waals surface area contributed by atoms with E-state index in [-0.39, 0.29) is 23.6 Å². The lowest BCUT2D eigenvalue weighted by Gasteiger charge is -2.30. The van der Waals surface area contributed by atoms with E-state index in [1.54, 1.807) is 23.1 Å². The van der Waals surface area contributed by atoms with E-state index in [1.165, 1.54) is 5.56 Å². The number of nitrogens with one attached hydrogen (secondary N) is 1. The van der Waals surface area contributed by atoms with Gasteiger partial charge in [0, 0.05) is 11.6 Å². The van der Waals surface area contributed by atoms with E-state index in [0.29, 0.717) is 17.9 Å². The average Bonchev–Trinajstić information content (AvgIpc) is 2.83. The van der Waals surface area contributed by atoms with Gasteiger partial charge in [-0.05, 0) is 61.7 Å². The smallest absolute Gasteiger partial charge is 0.294 e. The molecule has 0 unspecified atom stereocenters. The molecule has 0 aromatic heterocycles. The number of anilines is 1. The number of nitrogens with zero attached hydrogens (tertiary/aromatic N) is 1. The molecule has 1 aliphatic rings. The lowest BCUT2D eigenvalue weighted by molar-refractivity contribution is -0.117. The number of fused-ring (bicyclic) bond motifs is 1. The van der Waals surface area contributed by atoms with Gasteiger partial charge in [-0.15, -0.1) is 0 Å². The number of aryl methyl sites for hydroxylation is 1. The van der Waals surface area contributed by atoms with Gasteiger partial charge in [0.1, 0.15) is 0 Å². The molecule has 1 heterocycles. The van der Waals surface area contributed by atoms with Gasteiger partial charge in [0.15, 0.2) is 11.5 Å². The molecule has 0 fully saturated rings. The summed E-state index contributed by atoms with van der Waals surface area (Å²) in [5, 5.41) is 2.96. The first-order valence-corrected chi connectivity index (χ1v) is 11.2. The van der Waals surface area contributed by atoms with Crippen LogP contribution in [0.1, 0.15) is 47.3 Å². The van der Waals surface area contributed by atoms with Crippen LogP contribution in [0.3, 0.4) is 0 Å². The highest BCUT2D eigenvalue weighted by atomic mass is 16.5. The Bertz CT molecular complexity index is 1180. The molecule has 2 amide bonds. The van der Waals surface area contributed by atoms with Crippen LogP contribution < -0.4 is 15.0 Å². The third-order valence-corrected chi connectivity index (χ3v) is 5.75. The van der Waals surface area contributed by atoms with E-state index >= 15 is 0 Å². The minimum Gasteiger partial charge on any atom is -0.449 e. The second kappa shape index (κ2) is 9.74. The van der Waals surface area contributed by atoms with E-state index in [4.69, 9.17) is 4.74 Å². The lowest BCUT2D eigenvalue weighted by atomic mass is 10.1. The van der Waals surface area contributed by atoms with Gasteiger partial charge in [-0.2, -0.15) is 0 Å². The van der Waals surface area contributed by atoms with Crippen molar-refractivity contribution in [1.82, 2.24) is 5.32 Å². The molecule has 1 aliphatic heterocycles. The zero-order valence-corrected chi connectivity index (χ0v) is 19.2. The molecule has 0 saturated carbocycles. The summed E-state index contributed by atoms with van der Waals surface area (Å²) in [6.45, 7) is 6.50. The topological polar surface area (TPSA) is 58.6 Å². The highest BCUT2D eigenvalue weighted by Crippen LogP contribution is 2.36. The first kappa shape index (κ1) is 22.3. The molecule has 0 saturated heterocycles. The summed E-state index contributed by atoms with van der Waals surface area (Å²) in [7, 11) is 0. The number of hydrogen-bond acceptors (Lipinski definition) is 3. The summed E-state index contributed by atoms with van der Waals surface area (Å²) in [6.07, 6.45) is 2.59. The maximum absolute atomic E-state index is 13.4. The van der Waals surface area contributed by atoms with Crippen LogP contribution in [0, 0.1) is 6.92 Å². The van der Waals surface area contributed by atoms with Crippen molar-refractivity contribution < 1.29 is 14.3 Å². The lowest BCUT2D eigenvalue weighted by Crippen LogP contribution is -2.36. The zero-order chi connectivity index (χ0) is 23.4. The first-order chi connectivity index (χ1) is 15.9. The van der Waals surface area contributed by atoms with E-state index in [2.05, 4.69) is 5.32 Å². The number of para-hydroxylation sites is 2. The van der Waals surface area contributed by atoms with Gasteiger partial charge in [-0.3, -0.25) is 14.5 Å². The number of amides is 2. The molecule has 0 bridgehead atoms. The predicted molar refractivity (Wildman–Crippen MR) is 131 cm³/mol. The van der Waals surface area contributed by atoms with Crippen LogP contribution in [0.4, 0.5) is 5.69 Å². The van der Waals surface area contributed by atoms with Crippen LogP contribution in [0.15, 0.2) is 78.6 Å². The molecule has 4 rings (SSSR count). The van der Waals surface area contributed by atoms with E-state index < -0.39 is 0 Å². The van der Waals surface area contributed by atoms with Crippen molar-refractivity contribution in [3.8, 4) is 5.75 Å². The Morgan fingerprint density at radius 1 is 1.03 bits per heavy atom. The molecular weight excluding hydrogens is 412 g/mol. The molecule has 0 radical (unpaired) electrons. The summed E-state index contributed by atoms with van der Waals surface area (Å²) in [6, 6.07) is 23.0. The summed E-state index contributed by atoms with van der Waals surface area (Å²) in [4.78, 5) is 27.4. The van der Waals surface area contributed by atoms with E-state index in [1.807, 2.05) is 81.4 Å². The summed E-state index contributed by atoms with van der Waals surface area (Å²) >= 11 is 0. The van der Waals surface area contributed by atoms with Crippen LogP contribution in [0.5, 0.6) is 5.75 Å². The Kier molecular flexibility index (Phi) is 6.59. The van der Waals surface area contributed by atoms with Crippen molar-refractivity contribution in [2.45, 2.75) is 39.8 Å². The zero-order valence-electron chi connectivity index (χ0n) is 19.2. The second-order valence-electron chi connectivity index (χ2n) is 8.36. The number of carbonyl (C=O) groups excluding carboxylic acids is 2. The van der Waals surface area contributed by atoms with Gasteiger partial charge in [-0.25, -0.2) is 0 Å². The monoisotopic (exact) mass is 440 g/mol. The van der Waals surface area contributed by atoms with Gasteiger partial charge in [0.25, 0.3) is 11.8 Å². The second-order valence-corrected chi connectivity index (χ2v) is 8.36. The Labute approximate surface area is 194 Å². The Balaban J connectivity index is 1.59. The SMILES string of the molecule is CC[C@@H](C)NC(=O)c1ccc(/C=C2/Oc3ccccc3N(Cc3ccc(C)cc3)C2=O)cc1. The largest absolute Gasteiger partial charge is 0.449 e. The molecule has 33 heavy (non-hydrogen) atoms. The van der Waals surface area contributed by atoms with Crippen LogP contribution in [-0.2, 0) is 11.3 Å². The maximum atomic E-state index is 13.4.